The highest BCUT2D eigenvalue weighted by atomic mass is 15.0. The average molecular weight is 173 g/mol. The third-order valence-corrected chi connectivity index (χ3v) is 1.80. The SMILES string of the molecule is N#CC(N)c1cnc2cnccn12. The molecular formula is C8H7N5. The predicted octanol–water partition coefficient (Wildman–Crippen LogP) is 0.253. The van der Waals surface area contributed by atoms with Crippen LogP contribution in [0.2, 0.25) is 0 Å². The second kappa shape index (κ2) is 2.84. The zero-order chi connectivity index (χ0) is 9.26. The molecule has 64 valence electrons. The summed E-state index contributed by atoms with van der Waals surface area (Å²) in [5, 5.41) is 8.63. The molecule has 0 radical (unpaired) electrons. The molecule has 0 aliphatic heterocycles. The van der Waals surface area contributed by atoms with E-state index >= 15 is 0 Å². The molecule has 13 heavy (non-hydrogen) atoms. The third-order valence-electron chi connectivity index (χ3n) is 1.80. The number of aromatic nitrogens is 3. The quantitative estimate of drug-likeness (QED) is 0.670. The number of rotatable bonds is 1. The number of imidazole rings is 1. The van der Waals surface area contributed by atoms with Crippen LogP contribution in [0, 0.1) is 11.3 Å². The van der Waals surface area contributed by atoms with Crippen LogP contribution in [0.5, 0.6) is 0 Å². The summed E-state index contributed by atoms with van der Waals surface area (Å²) in [6.07, 6.45) is 6.57. The van der Waals surface area contributed by atoms with E-state index in [-0.39, 0.29) is 0 Å². The van der Waals surface area contributed by atoms with Crippen LogP contribution >= 0.6 is 0 Å². The Morgan fingerprint density at radius 3 is 3.15 bits per heavy atom. The number of nitrogens with zero attached hydrogens (tertiary/aromatic N) is 4. The van der Waals surface area contributed by atoms with Gasteiger partial charge in [0.05, 0.1) is 24.2 Å². The van der Waals surface area contributed by atoms with E-state index in [4.69, 9.17) is 11.0 Å². The van der Waals surface area contributed by atoms with E-state index in [1.807, 2.05) is 6.07 Å². The van der Waals surface area contributed by atoms with Crippen molar-refractivity contribution >= 4 is 5.65 Å². The highest BCUT2D eigenvalue weighted by Gasteiger charge is 2.09. The number of hydrogen-bond donors (Lipinski definition) is 1. The number of nitrogens with two attached hydrogens (primary N) is 1. The summed E-state index contributed by atoms with van der Waals surface area (Å²) in [6, 6.07) is 1.31. The van der Waals surface area contributed by atoms with E-state index < -0.39 is 6.04 Å². The van der Waals surface area contributed by atoms with Gasteiger partial charge in [-0.25, -0.2) is 4.98 Å². The Labute approximate surface area is 74.5 Å². The molecule has 2 N–H and O–H groups in total. The van der Waals surface area contributed by atoms with Gasteiger partial charge in [0.1, 0.15) is 6.04 Å². The van der Waals surface area contributed by atoms with E-state index in [2.05, 4.69) is 9.97 Å². The van der Waals surface area contributed by atoms with Crippen LogP contribution in [0.25, 0.3) is 5.65 Å². The second-order valence-corrected chi connectivity index (χ2v) is 2.59. The van der Waals surface area contributed by atoms with Gasteiger partial charge in [-0.15, -0.1) is 0 Å². The van der Waals surface area contributed by atoms with Crippen LogP contribution in [0.3, 0.4) is 0 Å². The molecule has 0 saturated heterocycles. The average Bonchev–Trinajstić information content (AvgIpc) is 2.60. The largest absolute Gasteiger partial charge is 0.311 e. The first-order valence-corrected chi connectivity index (χ1v) is 3.75. The fourth-order valence-corrected chi connectivity index (χ4v) is 1.16. The van der Waals surface area contributed by atoms with Crippen molar-refractivity contribution in [2.24, 2.45) is 5.73 Å². The lowest BCUT2D eigenvalue weighted by atomic mass is 10.3. The van der Waals surface area contributed by atoms with E-state index in [0.717, 1.165) is 0 Å². The van der Waals surface area contributed by atoms with Gasteiger partial charge >= 0.3 is 0 Å². The van der Waals surface area contributed by atoms with Gasteiger partial charge < -0.3 is 5.73 Å². The molecule has 5 heteroatoms. The van der Waals surface area contributed by atoms with Gasteiger partial charge in [0, 0.05) is 12.4 Å². The highest BCUT2D eigenvalue weighted by Crippen LogP contribution is 2.10. The maximum Gasteiger partial charge on any atom is 0.155 e. The molecule has 2 heterocycles. The molecular weight excluding hydrogens is 166 g/mol. The minimum absolute atomic E-state index is 0.641. The Bertz CT molecular complexity index is 467. The lowest BCUT2D eigenvalue weighted by Crippen LogP contribution is -2.09. The summed E-state index contributed by atoms with van der Waals surface area (Å²) in [7, 11) is 0. The first kappa shape index (κ1) is 7.71. The fraction of sp³-hybridized carbons (Fsp3) is 0.125. The topological polar surface area (TPSA) is 80.0 Å². The van der Waals surface area contributed by atoms with Gasteiger partial charge in [0.15, 0.2) is 5.65 Å². The highest BCUT2D eigenvalue weighted by molar-refractivity contribution is 5.38. The van der Waals surface area contributed by atoms with Gasteiger partial charge in [-0.1, -0.05) is 0 Å². The summed E-state index contributed by atoms with van der Waals surface area (Å²) < 4.78 is 1.75. The molecule has 1 atom stereocenters. The van der Waals surface area contributed by atoms with Crippen molar-refractivity contribution in [3.8, 4) is 6.07 Å². The molecule has 0 aliphatic rings. The number of fused-ring (bicyclic) bond motifs is 1. The zero-order valence-electron chi connectivity index (χ0n) is 6.75. The number of hydrogen-bond acceptors (Lipinski definition) is 4. The Hall–Kier alpha value is -1.93. The van der Waals surface area contributed by atoms with E-state index in [9.17, 15) is 0 Å². The van der Waals surface area contributed by atoms with E-state index in [1.165, 1.54) is 0 Å². The van der Waals surface area contributed by atoms with Gasteiger partial charge in [0.2, 0.25) is 0 Å². The minimum Gasteiger partial charge on any atom is -0.311 e. The molecule has 0 amide bonds. The van der Waals surface area contributed by atoms with Crippen LogP contribution in [0.4, 0.5) is 0 Å². The summed E-state index contributed by atoms with van der Waals surface area (Å²) in [5.41, 5.74) is 6.94. The normalized spacial score (nSPS) is 12.6. The van der Waals surface area contributed by atoms with E-state index in [0.29, 0.717) is 11.3 Å². The maximum atomic E-state index is 8.63. The van der Waals surface area contributed by atoms with Crippen LogP contribution in [0.15, 0.2) is 24.8 Å². The van der Waals surface area contributed by atoms with Gasteiger partial charge in [-0.2, -0.15) is 5.26 Å². The molecule has 0 aromatic carbocycles. The summed E-state index contributed by atoms with van der Waals surface area (Å²) in [6.45, 7) is 0. The van der Waals surface area contributed by atoms with Crippen molar-refractivity contribution in [2.75, 3.05) is 0 Å². The molecule has 0 fully saturated rings. The Morgan fingerprint density at radius 1 is 1.54 bits per heavy atom. The van der Waals surface area contributed by atoms with Gasteiger partial charge in [-0.3, -0.25) is 9.38 Å². The molecule has 0 aliphatic carbocycles. The molecule has 2 aromatic heterocycles. The molecule has 5 nitrogen and oxygen atoms in total. The van der Waals surface area contributed by atoms with Crippen molar-refractivity contribution in [3.63, 3.8) is 0 Å². The van der Waals surface area contributed by atoms with Crippen molar-refractivity contribution in [3.05, 3.63) is 30.5 Å². The van der Waals surface area contributed by atoms with E-state index in [1.54, 1.807) is 29.2 Å². The van der Waals surface area contributed by atoms with Crippen molar-refractivity contribution < 1.29 is 0 Å². The van der Waals surface area contributed by atoms with Crippen molar-refractivity contribution in [2.45, 2.75) is 6.04 Å². The molecule has 0 saturated carbocycles. The van der Waals surface area contributed by atoms with Gasteiger partial charge in [0.25, 0.3) is 0 Å². The molecule has 0 spiro atoms. The molecule has 2 aromatic rings. The molecule has 1 unspecified atom stereocenters. The Morgan fingerprint density at radius 2 is 2.38 bits per heavy atom. The minimum atomic E-state index is -0.641. The monoisotopic (exact) mass is 173 g/mol. The third kappa shape index (κ3) is 1.13. The summed E-state index contributed by atoms with van der Waals surface area (Å²) >= 11 is 0. The first-order chi connectivity index (χ1) is 6.33. The van der Waals surface area contributed by atoms with Crippen LogP contribution in [-0.4, -0.2) is 14.4 Å². The summed E-state index contributed by atoms with van der Waals surface area (Å²) in [4.78, 5) is 7.96. The second-order valence-electron chi connectivity index (χ2n) is 2.59. The number of nitriles is 1. The van der Waals surface area contributed by atoms with Crippen LogP contribution in [0.1, 0.15) is 11.7 Å². The summed E-state index contributed by atoms with van der Waals surface area (Å²) in [5.74, 6) is 0. The Balaban J connectivity index is 2.66. The zero-order valence-corrected chi connectivity index (χ0v) is 6.75. The maximum absolute atomic E-state index is 8.63. The predicted molar refractivity (Wildman–Crippen MR) is 45.5 cm³/mol. The van der Waals surface area contributed by atoms with Crippen molar-refractivity contribution in [1.29, 1.82) is 5.26 Å². The smallest absolute Gasteiger partial charge is 0.155 e. The van der Waals surface area contributed by atoms with Crippen LogP contribution < -0.4 is 5.73 Å². The fourth-order valence-electron chi connectivity index (χ4n) is 1.16. The lowest BCUT2D eigenvalue weighted by Gasteiger charge is -2.00. The van der Waals surface area contributed by atoms with Crippen LogP contribution in [-0.2, 0) is 0 Å². The molecule has 0 bridgehead atoms. The Kier molecular flexibility index (Phi) is 1.69. The van der Waals surface area contributed by atoms with Gasteiger partial charge in [-0.05, 0) is 0 Å². The standard InChI is InChI=1S/C8H7N5/c9-3-6(10)7-4-12-8-5-11-1-2-13(7)8/h1-2,4-6H,10H2. The van der Waals surface area contributed by atoms with Crippen molar-refractivity contribution in [1.82, 2.24) is 14.4 Å². The first-order valence-electron chi connectivity index (χ1n) is 3.75. The lowest BCUT2D eigenvalue weighted by molar-refractivity contribution is 0.855. The molecule has 2 rings (SSSR count).